The minimum Gasteiger partial charge on any atom is -0.330 e. The van der Waals surface area contributed by atoms with Crippen LogP contribution in [0.1, 0.15) is 32.1 Å². The summed E-state index contributed by atoms with van der Waals surface area (Å²) in [6.07, 6.45) is -0.393. The van der Waals surface area contributed by atoms with Gasteiger partial charge in [-0.3, -0.25) is 0 Å². The molecule has 0 amide bonds. The van der Waals surface area contributed by atoms with Crippen LogP contribution in [0.15, 0.2) is 0 Å². The summed E-state index contributed by atoms with van der Waals surface area (Å²) in [7, 11) is 0. The van der Waals surface area contributed by atoms with Gasteiger partial charge in [-0.05, 0) is 51.9 Å². The highest BCUT2D eigenvalue weighted by atomic mass is 19.4. The number of hydrogen-bond donors (Lipinski definition) is 1. The highest BCUT2D eigenvalue weighted by molar-refractivity contribution is 4.72. The lowest BCUT2D eigenvalue weighted by Crippen LogP contribution is -2.34. The molecule has 0 aliphatic carbocycles. The van der Waals surface area contributed by atoms with Crippen molar-refractivity contribution in [2.45, 2.75) is 38.3 Å². The van der Waals surface area contributed by atoms with Crippen molar-refractivity contribution in [2.75, 3.05) is 26.2 Å². The van der Waals surface area contributed by atoms with Gasteiger partial charge < -0.3 is 10.6 Å². The molecular formula is C11H21F3N2. The first-order valence-corrected chi connectivity index (χ1v) is 6.03. The van der Waals surface area contributed by atoms with Crippen LogP contribution in [0.5, 0.6) is 0 Å². The number of nitrogens with zero attached hydrogens (tertiary/aromatic N) is 1. The molecule has 1 heterocycles. The van der Waals surface area contributed by atoms with E-state index in [9.17, 15) is 13.2 Å². The molecule has 16 heavy (non-hydrogen) atoms. The number of hydrogen-bond acceptors (Lipinski definition) is 2. The fourth-order valence-corrected chi connectivity index (χ4v) is 2.19. The normalized spacial score (nSPS) is 21.0. The lowest BCUT2D eigenvalue weighted by Gasteiger charge is -2.28. The zero-order valence-corrected chi connectivity index (χ0v) is 9.60. The fourth-order valence-electron chi connectivity index (χ4n) is 2.19. The molecule has 2 nitrogen and oxygen atoms in total. The van der Waals surface area contributed by atoms with Crippen LogP contribution in [0.4, 0.5) is 13.2 Å². The third-order valence-corrected chi connectivity index (χ3v) is 3.22. The number of nitrogens with two attached hydrogens (primary N) is 1. The highest BCUT2D eigenvalue weighted by Crippen LogP contribution is 2.31. The molecule has 0 bridgehead atoms. The van der Waals surface area contributed by atoms with Crippen LogP contribution in [0.25, 0.3) is 0 Å². The Labute approximate surface area is 95.0 Å². The van der Waals surface area contributed by atoms with Crippen molar-refractivity contribution in [2.24, 2.45) is 11.7 Å². The van der Waals surface area contributed by atoms with Crippen molar-refractivity contribution < 1.29 is 13.2 Å². The first-order chi connectivity index (χ1) is 7.54. The second kappa shape index (κ2) is 6.45. The summed E-state index contributed by atoms with van der Waals surface area (Å²) in [4.78, 5) is 2.14. The molecule has 1 rings (SSSR count). The number of piperidine rings is 1. The highest BCUT2D eigenvalue weighted by Gasteiger charge is 2.38. The molecule has 1 atom stereocenters. The molecule has 0 spiro atoms. The molecule has 96 valence electrons. The van der Waals surface area contributed by atoms with E-state index in [-0.39, 0.29) is 19.4 Å². The van der Waals surface area contributed by atoms with E-state index in [2.05, 4.69) is 4.90 Å². The van der Waals surface area contributed by atoms with E-state index in [0.717, 1.165) is 25.9 Å². The van der Waals surface area contributed by atoms with Gasteiger partial charge in [-0.15, -0.1) is 0 Å². The Kier molecular flexibility index (Phi) is 5.55. The third kappa shape index (κ3) is 4.70. The quantitative estimate of drug-likeness (QED) is 0.797. The van der Waals surface area contributed by atoms with Crippen molar-refractivity contribution in [3.8, 4) is 0 Å². The van der Waals surface area contributed by atoms with Crippen molar-refractivity contribution in [3.63, 3.8) is 0 Å². The van der Waals surface area contributed by atoms with Crippen molar-refractivity contribution in [1.29, 1.82) is 0 Å². The summed E-state index contributed by atoms with van der Waals surface area (Å²) in [6.45, 7) is 2.58. The summed E-state index contributed by atoms with van der Waals surface area (Å²) >= 11 is 0. The van der Waals surface area contributed by atoms with Gasteiger partial charge in [0, 0.05) is 0 Å². The van der Waals surface area contributed by atoms with Gasteiger partial charge in [0.25, 0.3) is 0 Å². The molecule has 1 saturated heterocycles. The minimum atomic E-state index is -4.09. The van der Waals surface area contributed by atoms with Crippen LogP contribution in [-0.2, 0) is 0 Å². The predicted molar refractivity (Wildman–Crippen MR) is 58.1 cm³/mol. The third-order valence-electron chi connectivity index (χ3n) is 3.22. The van der Waals surface area contributed by atoms with Crippen molar-refractivity contribution in [3.05, 3.63) is 0 Å². The zero-order valence-electron chi connectivity index (χ0n) is 9.60. The van der Waals surface area contributed by atoms with E-state index in [0.29, 0.717) is 6.54 Å². The average molecular weight is 238 g/mol. The van der Waals surface area contributed by atoms with Crippen LogP contribution in [0, 0.1) is 5.92 Å². The minimum absolute atomic E-state index is 0.0529. The fraction of sp³-hybridized carbons (Fsp3) is 1.00. The van der Waals surface area contributed by atoms with E-state index >= 15 is 0 Å². The maximum atomic E-state index is 12.6. The Hall–Kier alpha value is -0.290. The zero-order chi connectivity index (χ0) is 12.0. The molecule has 0 aromatic rings. The molecule has 1 fully saturated rings. The first kappa shape index (κ1) is 13.8. The molecule has 1 aliphatic heterocycles. The SMILES string of the molecule is NCCC(CCN1CCCCC1)C(F)(F)F. The average Bonchev–Trinajstić information content (AvgIpc) is 2.24. The lowest BCUT2D eigenvalue weighted by atomic mass is 10.00. The Balaban J connectivity index is 2.31. The van der Waals surface area contributed by atoms with Gasteiger partial charge in [-0.1, -0.05) is 6.42 Å². The van der Waals surface area contributed by atoms with E-state index < -0.39 is 12.1 Å². The van der Waals surface area contributed by atoms with Gasteiger partial charge in [0.2, 0.25) is 0 Å². The molecule has 0 aromatic carbocycles. The molecule has 5 heteroatoms. The molecular weight excluding hydrogens is 217 g/mol. The summed E-state index contributed by atoms with van der Waals surface area (Å²) in [5.74, 6) is -1.22. The van der Waals surface area contributed by atoms with E-state index in [4.69, 9.17) is 5.73 Å². The van der Waals surface area contributed by atoms with Gasteiger partial charge >= 0.3 is 6.18 Å². The van der Waals surface area contributed by atoms with E-state index in [1.807, 2.05) is 0 Å². The summed E-state index contributed by atoms with van der Waals surface area (Å²) in [6, 6.07) is 0. The van der Waals surface area contributed by atoms with Crippen LogP contribution in [-0.4, -0.2) is 37.3 Å². The van der Waals surface area contributed by atoms with Crippen molar-refractivity contribution >= 4 is 0 Å². The summed E-state index contributed by atoms with van der Waals surface area (Å²) in [5.41, 5.74) is 5.22. The monoisotopic (exact) mass is 238 g/mol. The molecule has 1 aliphatic rings. The van der Waals surface area contributed by atoms with Crippen LogP contribution >= 0.6 is 0 Å². The topological polar surface area (TPSA) is 29.3 Å². The van der Waals surface area contributed by atoms with Gasteiger partial charge in [0.05, 0.1) is 5.92 Å². The molecule has 0 aromatic heterocycles. The second-order valence-corrected chi connectivity index (χ2v) is 4.51. The summed E-state index contributed by atoms with van der Waals surface area (Å²) in [5, 5.41) is 0. The Morgan fingerprint density at radius 2 is 1.69 bits per heavy atom. The second-order valence-electron chi connectivity index (χ2n) is 4.51. The number of likely N-dealkylation sites (tertiary alicyclic amines) is 1. The van der Waals surface area contributed by atoms with Gasteiger partial charge in [0.1, 0.15) is 0 Å². The smallest absolute Gasteiger partial charge is 0.330 e. The Morgan fingerprint density at radius 1 is 1.06 bits per heavy atom. The van der Waals surface area contributed by atoms with E-state index in [1.165, 1.54) is 6.42 Å². The largest absolute Gasteiger partial charge is 0.391 e. The van der Waals surface area contributed by atoms with Gasteiger partial charge in [0.15, 0.2) is 0 Å². The first-order valence-electron chi connectivity index (χ1n) is 6.03. The Bertz CT molecular complexity index is 188. The number of rotatable bonds is 5. The van der Waals surface area contributed by atoms with Crippen molar-refractivity contribution in [1.82, 2.24) is 4.90 Å². The molecule has 1 unspecified atom stereocenters. The molecule has 0 saturated carbocycles. The van der Waals surface area contributed by atoms with Crippen LogP contribution in [0.3, 0.4) is 0 Å². The maximum absolute atomic E-state index is 12.6. The summed E-state index contributed by atoms with van der Waals surface area (Å²) < 4.78 is 37.8. The lowest BCUT2D eigenvalue weighted by molar-refractivity contribution is -0.178. The van der Waals surface area contributed by atoms with Crippen LogP contribution < -0.4 is 5.73 Å². The van der Waals surface area contributed by atoms with E-state index in [1.54, 1.807) is 0 Å². The Morgan fingerprint density at radius 3 is 2.19 bits per heavy atom. The predicted octanol–water partition coefficient (Wildman–Crippen LogP) is 2.39. The number of alkyl halides is 3. The molecule has 0 radical (unpaired) electrons. The number of halogens is 3. The molecule has 2 N–H and O–H groups in total. The maximum Gasteiger partial charge on any atom is 0.391 e. The standard InChI is InChI=1S/C11H21F3N2/c12-11(13,14)10(4-6-15)5-9-16-7-2-1-3-8-16/h10H,1-9,15H2. The van der Waals surface area contributed by atoms with Crippen LogP contribution in [0.2, 0.25) is 0 Å². The van der Waals surface area contributed by atoms with Gasteiger partial charge in [-0.25, -0.2) is 0 Å². The van der Waals surface area contributed by atoms with Gasteiger partial charge in [-0.2, -0.15) is 13.2 Å².